The first-order valence-electron chi connectivity index (χ1n) is 11.8. The number of carbonyl (C=O) groups excluding carboxylic acids is 2. The monoisotopic (exact) mass is 427 g/mol. The fourth-order valence-electron chi connectivity index (χ4n) is 5.87. The van der Waals surface area contributed by atoms with E-state index in [2.05, 4.69) is 4.90 Å². The van der Waals surface area contributed by atoms with E-state index < -0.39 is 0 Å². The standard InChI is InChI=1S/C24H33N3O4/c1-25(15-17-5-4-10-26-9-3-2-6-20(17)26)24(29)18-13-23(28)27(16-18)19-7-8-21-22(14-19)31-12-11-30-21/h7-8,14,17-18,20H,2-6,9-13,15-16H2,1H3/t17-,18-,20+/m0/s1. The molecular formula is C24H33N3O4. The molecular weight excluding hydrogens is 394 g/mol. The van der Waals surface area contributed by atoms with E-state index >= 15 is 0 Å². The molecule has 3 saturated heterocycles. The molecule has 0 spiro atoms. The van der Waals surface area contributed by atoms with E-state index in [4.69, 9.17) is 9.47 Å². The summed E-state index contributed by atoms with van der Waals surface area (Å²) in [6.07, 6.45) is 6.56. The molecule has 0 saturated carbocycles. The minimum absolute atomic E-state index is 0.000417. The molecule has 5 rings (SSSR count). The highest BCUT2D eigenvalue weighted by Gasteiger charge is 2.39. The molecule has 0 aromatic heterocycles. The summed E-state index contributed by atoms with van der Waals surface area (Å²) in [6, 6.07) is 6.19. The molecule has 31 heavy (non-hydrogen) atoms. The Balaban J connectivity index is 1.22. The summed E-state index contributed by atoms with van der Waals surface area (Å²) < 4.78 is 11.2. The van der Waals surface area contributed by atoms with Crippen molar-refractivity contribution >= 4 is 17.5 Å². The van der Waals surface area contributed by atoms with Gasteiger partial charge in [-0.15, -0.1) is 0 Å². The molecule has 0 radical (unpaired) electrons. The third-order valence-corrected chi connectivity index (χ3v) is 7.42. The lowest BCUT2D eigenvalue weighted by atomic mass is 9.83. The van der Waals surface area contributed by atoms with Crippen LogP contribution in [0.15, 0.2) is 18.2 Å². The Morgan fingerprint density at radius 3 is 2.77 bits per heavy atom. The van der Waals surface area contributed by atoms with Crippen molar-refractivity contribution in [3.8, 4) is 11.5 Å². The molecule has 2 amide bonds. The van der Waals surface area contributed by atoms with Gasteiger partial charge in [-0.2, -0.15) is 0 Å². The number of fused-ring (bicyclic) bond motifs is 2. The molecule has 0 bridgehead atoms. The van der Waals surface area contributed by atoms with Crippen molar-refractivity contribution in [2.75, 3.05) is 51.3 Å². The summed E-state index contributed by atoms with van der Waals surface area (Å²) in [5, 5.41) is 0. The first kappa shape index (κ1) is 20.6. The van der Waals surface area contributed by atoms with Crippen molar-refractivity contribution in [2.24, 2.45) is 11.8 Å². The van der Waals surface area contributed by atoms with Gasteiger partial charge >= 0.3 is 0 Å². The molecule has 7 heteroatoms. The zero-order valence-corrected chi connectivity index (χ0v) is 18.4. The van der Waals surface area contributed by atoms with Crippen LogP contribution in [0.3, 0.4) is 0 Å². The van der Waals surface area contributed by atoms with Gasteiger partial charge in [0.1, 0.15) is 13.2 Å². The Morgan fingerprint density at radius 2 is 1.90 bits per heavy atom. The van der Waals surface area contributed by atoms with E-state index in [0.29, 0.717) is 43.2 Å². The second-order valence-corrected chi connectivity index (χ2v) is 9.45. The summed E-state index contributed by atoms with van der Waals surface area (Å²) in [5.74, 6) is 1.74. The van der Waals surface area contributed by atoms with Gasteiger partial charge in [-0.25, -0.2) is 0 Å². The molecule has 7 nitrogen and oxygen atoms in total. The Hall–Kier alpha value is -2.28. The lowest BCUT2D eigenvalue weighted by Gasteiger charge is -2.45. The zero-order chi connectivity index (χ0) is 21.4. The third kappa shape index (κ3) is 4.12. The molecule has 0 aliphatic carbocycles. The maximum Gasteiger partial charge on any atom is 0.227 e. The smallest absolute Gasteiger partial charge is 0.227 e. The lowest BCUT2D eigenvalue weighted by molar-refractivity contribution is -0.135. The van der Waals surface area contributed by atoms with Crippen LogP contribution in [-0.4, -0.2) is 74.1 Å². The summed E-state index contributed by atoms with van der Waals surface area (Å²) in [7, 11) is 1.92. The number of hydrogen-bond acceptors (Lipinski definition) is 5. The van der Waals surface area contributed by atoms with Gasteiger partial charge in [0, 0.05) is 44.4 Å². The third-order valence-electron chi connectivity index (χ3n) is 7.42. The minimum atomic E-state index is -0.281. The van der Waals surface area contributed by atoms with E-state index in [1.807, 2.05) is 30.1 Å². The highest BCUT2D eigenvalue weighted by atomic mass is 16.6. The molecule has 0 unspecified atom stereocenters. The van der Waals surface area contributed by atoms with E-state index in [1.165, 1.54) is 45.2 Å². The lowest BCUT2D eigenvalue weighted by Crippen LogP contribution is -2.51. The Kier molecular flexibility index (Phi) is 5.78. The summed E-state index contributed by atoms with van der Waals surface area (Å²) in [5.41, 5.74) is 0.775. The molecule has 3 atom stereocenters. The van der Waals surface area contributed by atoms with E-state index in [0.717, 1.165) is 12.2 Å². The Labute approximate surface area is 184 Å². The number of anilines is 1. The molecule has 168 valence electrons. The summed E-state index contributed by atoms with van der Waals surface area (Å²) in [4.78, 5) is 32.2. The van der Waals surface area contributed by atoms with Gasteiger partial charge in [0.05, 0.1) is 5.92 Å². The predicted octanol–water partition coefficient (Wildman–Crippen LogP) is 2.53. The van der Waals surface area contributed by atoms with Gasteiger partial charge in [-0.1, -0.05) is 6.42 Å². The first-order valence-corrected chi connectivity index (χ1v) is 11.8. The Morgan fingerprint density at radius 1 is 1.10 bits per heavy atom. The number of ether oxygens (including phenoxy) is 2. The quantitative estimate of drug-likeness (QED) is 0.739. The SMILES string of the molecule is CN(C[C@@H]1CCCN2CCCC[C@H]12)C(=O)[C@H]1CC(=O)N(c2ccc3c(c2)OCCO3)C1. The van der Waals surface area contributed by atoms with Gasteiger partial charge in [0.2, 0.25) is 11.8 Å². The van der Waals surface area contributed by atoms with Crippen LogP contribution in [0.25, 0.3) is 0 Å². The average molecular weight is 428 g/mol. The van der Waals surface area contributed by atoms with Crippen LogP contribution in [-0.2, 0) is 9.59 Å². The highest BCUT2D eigenvalue weighted by Crippen LogP contribution is 2.36. The molecule has 4 heterocycles. The number of nitrogens with zero attached hydrogens (tertiary/aromatic N) is 3. The van der Waals surface area contributed by atoms with E-state index in [-0.39, 0.29) is 24.2 Å². The van der Waals surface area contributed by atoms with Gasteiger partial charge in [0.25, 0.3) is 0 Å². The van der Waals surface area contributed by atoms with Crippen LogP contribution in [0.4, 0.5) is 5.69 Å². The fourth-order valence-corrected chi connectivity index (χ4v) is 5.87. The molecule has 1 aromatic carbocycles. The van der Waals surface area contributed by atoms with Gasteiger partial charge in [-0.05, 0) is 56.8 Å². The van der Waals surface area contributed by atoms with Gasteiger partial charge in [0.15, 0.2) is 11.5 Å². The predicted molar refractivity (Wildman–Crippen MR) is 117 cm³/mol. The maximum atomic E-state index is 13.2. The van der Waals surface area contributed by atoms with Crippen LogP contribution in [0.5, 0.6) is 11.5 Å². The summed E-state index contributed by atoms with van der Waals surface area (Å²) in [6.45, 7) is 4.70. The minimum Gasteiger partial charge on any atom is -0.486 e. The number of hydrogen-bond donors (Lipinski definition) is 0. The number of piperidine rings is 2. The van der Waals surface area contributed by atoms with E-state index in [9.17, 15) is 9.59 Å². The molecule has 4 aliphatic rings. The van der Waals surface area contributed by atoms with E-state index in [1.54, 1.807) is 4.90 Å². The number of rotatable bonds is 4. The molecule has 3 fully saturated rings. The number of amides is 2. The van der Waals surface area contributed by atoms with Gasteiger partial charge in [-0.3, -0.25) is 9.59 Å². The summed E-state index contributed by atoms with van der Waals surface area (Å²) >= 11 is 0. The van der Waals surface area contributed by atoms with Crippen molar-refractivity contribution < 1.29 is 19.1 Å². The molecule has 1 aromatic rings. The zero-order valence-electron chi connectivity index (χ0n) is 18.4. The van der Waals surface area contributed by atoms with Crippen molar-refractivity contribution in [1.29, 1.82) is 0 Å². The van der Waals surface area contributed by atoms with Crippen LogP contribution >= 0.6 is 0 Å². The van der Waals surface area contributed by atoms with Crippen LogP contribution in [0.1, 0.15) is 38.5 Å². The first-order chi connectivity index (χ1) is 15.1. The van der Waals surface area contributed by atoms with Crippen LogP contribution in [0, 0.1) is 11.8 Å². The van der Waals surface area contributed by atoms with Gasteiger partial charge < -0.3 is 24.2 Å². The number of carbonyl (C=O) groups is 2. The van der Waals surface area contributed by atoms with Crippen molar-refractivity contribution in [3.63, 3.8) is 0 Å². The maximum absolute atomic E-state index is 13.2. The molecule has 4 aliphatic heterocycles. The second-order valence-electron chi connectivity index (χ2n) is 9.45. The topological polar surface area (TPSA) is 62.3 Å². The second kappa shape index (κ2) is 8.69. The van der Waals surface area contributed by atoms with Crippen molar-refractivity contribution in [2.45, 2.75) is 44.6 Å². The Bertz CT molecular complexity index is 842. The molecule has 0 N–H and O–H groups in total. The van der Waals surface area contributed by atoms with Crippen LogP contribution < -0.4 is 14.4 Å². The normalized spacial score (nSPS) is 28.4. The average Bonchev–Trinajstić information content (AvgIpc) is 3.20. The highest BCUT2D eigenvalue weighted by molar-refractivity contribution is 6.00. The van der Waals surface area contributed by atoms with Crippen LogP contribution in [0.2, 0.25) is 0 Å². The number of benzene rings is 1. The van der Waals surface area contributed by atoms with Crippen molar-refractivity contribution in [3.05, 3.63) is 18.2 Å². The largest absolute Gasteiger partial charge is 0.486 e. The fraction of sp³-hybridized carbons (Fsp3) is 0.667. The van der Waals surface area contributed by atoms with Crippen molar-refractivity contribution in [1.82, 2.24) is 9.80 Å².